The molecule has 1 fully saturated rings. The van der Waals surface area contributed by atoms with E-state index in [-0.39, 0.29) is 24.5 Å². The fraction of sp³-hybridized carbons (Fsp3) is 0.625. The average Bonchev–Trinajstić information content (AvgIpc) is 2.61. The molecule has 1 aliphatic heterocycles. The summed E-state index contributed by atoms with van der Waals surface area (Å²) in [4.78, 5) is 19.8. The Morgan fingerprint density at radius 3 is 2.58 bits per heavy atom. The fourth-order valence-electron chi connectivity index (χ4n) is 2.71. The van der Waals surface area contributed by atoms with Crippen LogP contribution in [0.2, 0.25) is 0 Å². The van der Waals surface area contributed by atoms with Crippen LogP contribution >= 0.6 is 0 Å². The van der Waals surface area contributed by atoms with Gasteiger partial charge >= 0.3 is 6.18 Å². The molecule has 0 atom stereocenters. The second kappa shape index (κ2) is 9.15. The predicted molar refractivity (Wildman–Crippen MR) is 89.2 cm³/mol. The molecule has 2 rings (SSSR count). The number of methoxy groups -OCH3 is 1. The molecule has 26 heavy (non-hydrogen) atoms. The number of hydrogen-bond acceptors (Lipinski definition) is 6. The maximum Gasteiger partial charge on any atom is 0.433 e. The molecule has 146 valence electrons. The third-order valence-corrected chi connectivity index (χ3v) is 4.09. The summed E-state index contributed by atoms with van der Waals surface area (Å²) >= 11 is 0. The first-order valence-corrected chi connectivity index (χ1v) is 8.30. The SMILES string of the molecule is COCCNC(=O)c1ccc(C(F)(F)F)nc1N1CCN(CCO)CC1. The second-order valence-electron chi connectivity index (χ2n) is 5.87. The lowest BCUT2D eigenvalue weighted by Gasteiger charge is -2.36. The van der Waals surface area contributed by atoms with Crippen LogP contribution in [-0.2, 0) is 10.9 Å². The molecule has 0 aromatic carbocycles. The number of carbonyl (C=O) groups excluding carboxylic acids is 1. The minimum atomic E-state index is -4.58. The van der Waals surface area contributed by atoms with Crippen LogP contribution in [0.4, 0.5) is 19.0 Å². The quantitative estimate of drug-likeness (QED) is 0.679. The Labute approximate surface area is 149 Å². The van der Waals surface area contributed by atoms with Crippen LogP contribution in [0.1, 0.15) is 16.1 Å². The number of carbonyl (C=O) groups is 1. The molecule has 0 unspecified atom stereocenters. The highest BCUT2D eigenvalue weighted by Gasteiger charge is 2.34. The van der Waals surface area contributed by atoms with Crippen molar-refractivity contribution >= 4 is 11.7 Å². The molecule has 10 heteroatoms. The van der Waals surface area contributed by atoms with Gasteiger partial charge in [-0.05, 0) is 12.1 Å². The molecule has 2 heterocycles. The smallest absolute Gasteiger partial charge is 0.395 e. The van der Waals surface area contributed by atoms with E-state index < -0.39 is 17.8 Å². The number of hydrogen-bond donors (Lipinski definition) is 2. The van der Waals surface area contributed by atoms with Crippen molar-refractivity contribution < 1.29 is 27.8 Å². The fourth-order valence-corrected chi connectivity index (χ4v) is 2.71. The normalized spacial score (nSPS) is 16.0. The maximum atomic E-state index is 13.0. The number of ether oxygens (including phenoxy) is 1. The van der Waals surface area contributed by atoms with Gasteiger partial charge < -0.3 is 20.1 Å². The number of rotatable bonds is 7. The molecule has 0 aliphatic carbocycles. The average molecular weight is 376 g/mol. The Morgan fingerprint density at radius 2 is 2.00 bits per heavy atom. The number of halogens is 3. The zero-order chi connectivity index (χ0) is 19.2. The number of aliphatic hydroxyl groups excluding tert-OH is 1. The molecule has 0 saturated carbocycles. The maximum absolute atomic E-state index is 13.0. The number of β-amino-alcohol motifs (C(OH)–C–C–N with tert-alkyl or cyclic N) is 1. The van der Waals surface area contributed by atoms with Crippen LogP contribution in [0.25, 0.3) is 0 Å². The highest BCUT2D eigenvalue weighted by molar-refractivity contribution is 5.99. The zero-order valence-corrected chi connectivity index (χ0v) is 14.6. The van der Waals surface area contributed by atoms with Crippen molar-refractivity contribution in [2.24, 2.45) is 0 Å². The highest BCUT2D eigenvalue weighted by atomic mass is 19.4. The standard InChI is InChI=1S/C16H23F3N4O3/c1-26-11-4-20-15(25)12-2-3-13(16(17,18)19)21-14(12)23-7-5-22(6-8-23)9-10-24/h2-3,24H,4-11H2,1H3,(H,20,25). The molecule has 0 bridgehead atoms. The van der Waals surface area contributed by atoms with Crippen molar-refractivity contribution in [3.63, 3.8) is 0 Å². The number of nitrogens with one attached hydrogen (secondary N) is 1. The van der Waals surface area contributed by atoms with Crippen LogP contribution < -0.4 is 10.2 Å². The van der Waals surface area contributed by atoms with Crippen molar-refractivity contribution in [1.82, 2.24) is 15.2 Å². The Balaban J connectivity index is 2.23. The highest BCUT2D eigenvalue weighted by Crippen LogP contribution is 2.31. The number of pyridine rings is 1. The number of amides is 1. The van der Waals surface area contributed by atoms with Gasteiger partial charge in [-0.25, -0.2) is 4.98 Å². The third kappa shape index (κ3) is 5.29. The molecule has 1 aliphatic rings. The van der Waals surface area contributed by atoms with Gasteiger partial charge in [-0.1, -0.05) is 0 Å². The summed E-state index contributed by atoms with van der Waals surface area (Å²) < 4.78 is 44.0. The Kier molecular flexibility index (Phi) is 7.18. The summed E-state index contributed by atoms with van der Waals surface area (Å²) in [5.41, 5.74) is -0.927. The van der Waals surface area contributed by atoms with Crippen molar-refractivity contribution in [2.45, 2.75) is 6.18 Å². The summed E-state index contributed by atoms with van der Waals surface area (Å²) in [6.45, 7) is 3.07. The first-order valence-electron chi connectivity index (χ1n) is 8.30. The van der Waals surface area contributed by atoms with E-state index >= 15 is 0 Å². The topological polar surface area (TPSA) is 77.9 Å². The summed E-state index contributed by atoms with van der Waals surface area (Å²) in [7, 11) is 1.49. The van der Waals surface area contributed by atoms with Crippen LogP contribution in [0, 0.1) is 0 Å². The number of piperazine rings is 1. The molecular weight excluding hydrogens is 353 g/mol. The van der Waals surface area contributed by atoms with Gasteiger partial charge in [0.25, 0.3) is 5.91 Å². The lowest BCUT2D eigenvalue weighted by atomic mass is 10.1. The van der Waals surface area contributed by atoms with E-state index in [2.05, 4.69) is 10.3 Å². The first-order chi connectivity index (χ1) is 12.4. The van der Waals surface area contributed by atoms with E-state index in [1.807, 2.05) is 4.90 Å². The van der Waals surface area contributed by atoms with E-state index in [1.54, 1.807) is 4.90 Å². The van der Waals surface area contributed by atoms with Crippen molar-refractivity contribution in [3.05, 3.63) is 23.4 Å². The van der Waals surface area contributed by atoms with E-state index in [9.17, 15) is 18.0 Å². The van der Waals surface area contributed by atoms with E-state index in [0.717, 1.165) is 12.1 Å². The van der Waals surface area contributed by atoms with Crippen LogP contribution in [0.15, 0.2) is 12.1 Å². The molecule has 1 amide bonds. The number of aliphatic hydroxyl groups is 1. The molecule has 1 aromatic heterocycles. The van der Waals surface area contributed by atoms with E-state index in [4.69, 9.17) is 9.84 Å². The minimum Gasteiger partial charge on any atom is -0.395 e. The summed E-state index contributed by atoms with van der Waals surface area (Å²) in [6.07, 6.45) is -4.58. The van der Waals surface area contributed by atoms with Gasteiger partial charge in [-0.15, -0.1) is 0 Å². The van der Waals surface area contributed by atoms with Gasteiger partial charge in [0.1, 0.15) is 11.5 Å². The van der Waals surface area contributed by atoms with Gasteiger partial charge in [-0.2, -0.15) is 13.2 Å². The summed E-state index contributed by atoms with van der Waals surface area (Å²) in [5, 5.41) is 11.6. The first kappa shape index (κ1) is 20.4. The Morgan fingerprint density at radius 1 is 1.31 bits per heavy atom. The molecular formula is C16H23F3N4O3. The Bertz CT molecular complexity index is 605. The summed E-state index contributed by atoms with van der Waals surface area (Å²) in [6, 6.07) is 1.98. The number of anilines is 1. The van der Waals surface area contributed by atoms with Crippen molar-refractivity contribution in [3.8, 4) is 0 Å². The van der Waals surface area contributed by atoms with Gasteiger partial charge in [0.2, 0.25) is 0 Å². The minimum absolute atomic E-state index is 0.0228. The number of nitrogens with zero attached hydrogens (tertiary/aromatic N) is 3. The molecule has 1 saturated heterocycles. The largest absolute Gasteiger partial charge is 0.433 e. The van der Waals surface area contributed by atoms with Gasteiger partial charge in [0.05, 0.1) is 18.8 Å². The van der Waals surface area contributed by atoms with E-state index in [1.165, 1.54) is 7.11 Å². The van der Waals surface area contributed by atoms with Gasteiger partial charge in [0.15, 0.2) is 0 Å². The molecule has 1 aromatic rings. The third-order valence-electron chi connectivity index (χ3n) is 4.09. The zero-order valence-electron chi connectivity index (χ0n) is 14.6. The van der Waals surface area contributed by atoms with Gasteiger partial charge in [0, 0.05) is 46.4 Å². The van der Waals surface area contributed by atoms with Crippen molar-refractivity contribution in [1.29, 1.82) is 0 Å². The number of alkyl halides is 3. The van der Waals surface area contributed by atoms with Crippen LogP contribution in [-0.4, -0.2) is 80.5 Å². The number of aromatic nitrogens is 1. The summed E-state index contributed by atoms with van der Waals surface area (Å²) in [5.74, 6) is -0.463. The Hall–Kier alpha value is -1.91. The molecule has 0 radical (unpaired) electrons. The predicted octanol–water partition coefficient (Wildman–Crippen LogP) is 0.591. The molecule has 7 nitrogen and oxygen atoms in total. The van der Waals surface area contributed by atoms with Crippen molar-refractivity contribution in [2.75, 3.05) is 64.5 Å². The monoisotopic (exact) mass is 376 g/mol. The molecule has 0 spiro atoms. The lowest BCUT2D eigenvalue weighted by Crippen LogP contribution is -2.48. The lowest BCUT2D eigenvalue weighted by molar-refractivity contribution is -0.141. The molecule has 2 N–H and O–H groups in total. The van der Waals surface area contributed by atoms with Crippen LogP contribution in [0.5, 0.6) is 0 Å². The van der Waals surface area contributed by atoms with E-state index in [0.29, 0.717) is 39.3 Å². The second-order valence-corrected chi connectivity index (χ2v) is 5.87. The van der Waals surface area contributed by atoms with Crippen LogP contribution in [0.3, 0.4) is 0 Å². The van der Waals surface area contributed by atoms with Gasteiger partial charge in [-0.3, -0.25) is 9.69 Å².